The van der Waals surface area contributed by atoms with Gasteiger partial charge >= 0.3 is 0 Å². The molecule has 0 unspecified atom stereocenters. The standard InChI is InChI=1S/C56H64ClN11O4S2/c1-31(25-58-48(70)24-44-53-65-64-36(6)68(53)55-50(32(2)35(5)74-55)51(62-44)40-18-20-42(57)21-19-40)67-27-45(59-29-67)39-12-10-37(11-13-39)22-49(71)63-47(56(7,8)9)28-66-26-43(69)23-46(66)54(72)61-33(3)38-14-16-41(17-15-38)52-34(4)60-30-73-52/h10-21,27,29-31,33,43-44,46-47,69H,22-26,28H2,1-9H3,(H,58,70)(H,61,72)(H,63,71)/t31-,33+,43-,44+,46+,47-/m1/s1. The Kier molecular flexibility index (Phi) is 15.5. The molecule has 0 spiro atoms. The molecule has 0 saturated carbocycles. The van der Waals surface area contributed by atoms with E-state index in [4.69, 9.17) is 16.6 Å². The van der Waals surface area contributed by atoms with Gasteiger partial charge in [0.2, 0.25) is 17.7 Å². The van der Waals surface area contributed by atoms with Crippen LogP contribution in [0.1, 0.15) is 116 Å². The molecule has 1 fully saturated rings. The molecule has 6 heterocycles. The summed E-state index contributed by atoms with van der Waals surface area (Å²) >= 11 is 9.56. The molecule has 3 aromatic carbocycles. The number of aliphatic hydroxyl groups excluding tert-OH is 1. The number of hydrogen-bond donors (Lipinski definition) is 4. The van der Waals surface area contributed by atoms with Crippen molar-refractivity contribution in [1.29, 1.82) is 0 Å². The number of imidazole rings is 1. The number of nitrogens with zero attached hydrogens (tertiary/aromatic N) is 8. The van der Waals surface area contributed by atoms with Crippen molar-refractivity contribution in [2.45, 2.75) is 118 Å². The van der Waals surface area contributed by atoms with Gasteiger partial charge in [0.1, 0.15) is 16.9 Å². The third-order valence-electron chi connectivity index (χ3n) is 14.3. The van der Waals surface area contributed by atoms with Crippen LogP contribution in [0.4, 0.5) is 0 Å². The normalized spacial score (nSPS) is 17.9. The van der Waals surface area contributed by atoms with E-state index in [2.05, 4.69) is 82.9 Å². The summed E-state index contributed by atoms with van der Waals surface area (Å²) < 4.78 is 4.02. The summed E-state index contributed by atoms with van der Waals surface area (Å²) in [6, 6.07) is 21.9. The zero-order valence-corrected chi connectivity index (χ0v) is 45.7. The first-order chi connectivity index (χ1) is 35.3. The van der Waals surface area contributed by atoms with Crippen LogP contribution in [0.25, 0.3) is 26.7 Å². The van der Waals surface area contributed by atoms with Crippen LogP contribution in [0.5, 0.6) is 0 Å². The molecule has 3 amide bonds. The molecular weight excluding hydrogens is 990 g/mol. The number of likely N-dealkylation sites (tertiary alicyclic amines) is 1. The molecule has 6 atom stereocenters. The van der Waals surface area contributed by atoms with Gasteiger partial charge in [-0.2, -0.15) is 0 Å². The minimum Gasteiger partial charge on any atom is -0.392 e. The number of aryl methyl sites for hydroxylation is 3. The quantitative estimate of drug-likeness (QED) is 0.0733. The lowest BCUT2D eigenvalue weighted by atomic mass is 9.86. The van der Waals surface area contributed by atoms with Crippen LogP contribution in [0.15, 0.2) is 95.8 Å². The number of carbonyl (C=O) groups excluding carboxylic acids is 3. The highest BCUT2D eigenvalue weighted by molar-refractivity contribution is 7.15. The minimum absolute atomic E-state index is 0.0820. The Morgan fingerprint density at radius 2 is 1.58 bits per heavy atom. The fraction of sp³-hybridized carbons (Fsp3) is 0.393. The van der Waals surface area contributed by atoms with Crippen molar-refractivity contribution in [3.63, 3.8) is 0 Å². The summed E-state index contributed by atoms with van der Waals surface area (Å²) in [6.07, 6.45) is 3.64. The number of thiazole rings is 1. The monoisotopic (exact) mass is 1050 g/mol. The third kappa shape index (κ3) is 11.5. The van der Waals surface area contributed by atoms with Crippen molar-refractivity contribution in [3.05, 3.63) is 146 Å². The van der Waals surface area contributed by atoms with Crippen molar-refractivity contribution in [3.8, 4) is 26.7 Å². The Balaban J connectivity index is 0.786. The molecule has 7 aromatic rings. The topological polar surface area (TPSA) is 185 Å². The summed E-state index contributed by atoms with van der Waals surface area (Å²) in [6.45, 7) is 19.5. The maximum absolute atomic E-state index is 13.8. The van der Waals surface area contributed by atoms with E-state index in [-0.39, 0.29) is 54.1 Å². The summed E-state index contributed by atoms with van der Waals surface area (Å²) in [7, 11) is 0. The van der Waals surface area contributed by atoms with Crippen molar-refractivity contribution >= 4 is 57.7 Å². The number of hydrogen-bond acceptors (Lipinski definition) is 12. The van der Waals surface area contributed by atoms with E-state index in [1.165, 1.54) is 4.88 Å². The predicted molar refractivity (Wildman–Crippen MR) is 293 cm³/mol. The third-order valence-corrected chi connectivity index (χ3v) is 16.7. The van der Waals surface area contributed by atoms with Gasteiger partial charge in [0, 0.05) is 64.5 Å². The first kappa shape index (κ1) is 52.5. The lowest BCUT2D eigenvalue weighted by Gasteiger charge is -2.36. The van der Waals surface area contributed by atoms with Gasteiger partial charge in [0.15, 0.2) is 5.82 Å². The average Bonchev–Trinajstić information content (AvgIpc) is 4.22. The van der Waals surface area contributed by atoms with E-state index in [0.717, 1.165) is 71.7 Å². The predicted octanol–water partition coefficient (Wildman–Crippen LogP) is 9.25. The summed E-state index contributed by atoms with van der Waals surface area (Å²) in [5.74, 6) is 0.924. The lowest BCUT2D eigenvalue weighted by Crippen LogP contribution is -2.54. The maximum Gasteiger partial charge on any atom is 0.237 e. The van der Waals surface area contributed by atoms with Crippen molar-refractivity contribution < 1.29 is 19.5 Å². The second-order valence-corrected chi connectivity index (χ2v) is 23.3. The second-order valence-electron chi connectivity index (χ2n) is 20.8. The van der Waals surface area contributed by atoms with Crippen molar-refractivity contribution in [1.82, 2.24) is 50.1 Å². The lowest BCUT2D eigenvalue weighted by molar-refractivity contribution is -0.126. The molecule has 15 nitrogen and oxygen atoms in total. The Bertz CT molecular complexity index is 3190. The zero-order valence-electron chi connectivity index (χ0n) is 43.3. The highest BCUT2D eigenvalue weighted by Crippen LogP contribution is 2.40. The summed E-state index contributed by atoms with van der Waals surface area (Å²) in [4.78, 5) is 59.8. The van der Waals surface area contributed by atoms with E-state index < -0.39 is 18.2 Å². The van der Waals surface area contributed by atoms with Gasteiger partial charge < -0.3 is 25.6 Å². The Morgan fingerprint density at radius 3 is 2.27 bits per heavy atom. The minimum atomic E-state index is -0.651. The number of rotatable bonds is 16. The molecule has 0 radical (unpaired) electrons. The number of carbonyl (C=O) groups is 3. The zero-order chi connectivity index (χ0) is 52.6. The van der Waals surface area contributed by atoms with E-state index >= 15 is 0 Å². The number of thiophene rings is 1. The van der Waals surface area contributed by atoms with Gasteiger partial charge in [-0.3, -0.25) is 28.8 Å². The van der Waals surface area contributed by atoms with E-state index in [0.29, 0.717) is 36.9 Å². The number of amides is 3. The van der Waals surface area contributed by atoms with Gasteiger partial charge in [0.05, 0.1) is 64.8 Å². The molecule has 2 aliphatic rings. The first-order valence-electron chi connectivity index (χ1n) is 25.1. The van der Waals surface area contributed by atoms with Crippen molar-refractivity contribution in [2.24, 2.45) is 10.4 Å². The molecule has 74 heavy (non-hydrogen) atoms. The average molecular weight is 1050 g/mol. The molecule has 2 aliphatic heterocycles. The molecule has 0 bridgehead atoms. The smallest absolute Gasteiger partial charge is 0.237 e. The Hall–Kier alpha value is -6.37. The summed E-state index contributed by atoms with van der Waals surface area (Å²) in [5.41, 5.74) is 10.9. The van der Waals surface area contributed by atoms with Crippen LogP contribution in [-0.4, -0.2) is 101 Å². The van der Waals surface area contributed by atoms with Gasteiger partial charge in [0.25, 0.3) is 0 Å². The fourth-order valence-electron chi connectivity index (χ4n) is 9.72. The molecule has 386 valence electrons. The number of β-amino-alcohol motifs (C(OH)–C–C–N with tert-alkyl or cyclic N) is 1. The van der Waals surface area contributed by atoms with Crippen LogP contribution >= 0.6 is 34.3 Å². The molecule has 4 N–H and O–H groups in total. The highest BCUT2D eigenvalue weighted by atomic mass is 35.5. The first-order valence-corrected chi connectivity index (χ1v) is 27.2. The molecule has 4 aromatic heterocycles. The van der Waals surface area contributed by atoms with Crippen LogP contribution in [-0.2, 0) is 20.8 Å². The summed E-state index contributed by atoms with van der Waals surface area (Å²) in [5, 5.41) is 31.0. The SMILES string of the molecule is Cc1ncsc1-c1ccc([C@H](C)NC(=O)[C@@H]2C[C@@H](O)CN2C[C@@H](NC(=O)Cc2ccc(-c3cn([C@H](C)CNC(=O)C[C@@H]4N=C(c5ccc(Cl)cc5)c5c(sc(C)c5C)-n5c(C)nnc54)cn3)cc2)C(C)(C)C)cc1. The van der Waals surface area contributed by atoms with E-state index in [1.54, 1.807) is 29.0 Å². The van der Waals surface area contributed by atoms with Crippen LogP contribution < -0.4 is 16.0 Å². The largest absolute Gasteiger partial charge is 0.392 e. The Labute approximate surface area is 445 Å². The van der Waals surface area contributed by atoms with Crippen LogP contribution in [0, 0.1) is 33.1 Å². The van der Waals surface area contributed by atoms with Crippen LogP contribution in [0.2, 0.25) is 5.02 Å². The molecule has 18 heteroatoms. The Morgan fingerprint density at radius 1 is 0.878 bits per heavy atom. The molecule has 1 saturated heterocycles. The number of fused-ring (bicyclic) bond motifs is 3. The second kappa shape index (κ2) is 21.8. The number of nitrogens with one attached hydrogen (secondary N) is 3. The number of aliphatic hydroxyl groups is 1. The van der Waals surface area contributed by atoms with Crippen molar-refractivity contribution in [2.75, 3.05) is 19.6 Å². The number of aromatic nitrogens is 6. The fourth-order valence-corrected chi connectivity index (χ4v) is 11.9. The number of halogens is 1. The number of aliphatic imine (C=N–C) groups is 1. The molecular formula is C56H64ClN11O4S2. The van der Waals surface area contributed by atoms with Gasteiger partial charge in [-0.15, -0.1) is 32.9 Å². The van der Waals surface area contributed by atoms with Crippen LogP contribution in [0.3, 0.4) is 0 Å². The highest BCUT2D eigenvalue weighted by Gasteiger charge is 2.40. The maximum atomic E-state index is 13.8. The van der Waals surface area contributed by atoms with Gasteiger partial charge in [-0.1, -0.05) is 93.0 Å². The van der Waals surface area contributed by atoms with Gasteiger partial charge in [-0.25, -0.2) is 9.97 Å². The molecule has 9 rings (SSSR count). The van der Waals surface area contributed by atoms with E-state index in [1.807, 2.05) is 114 Å². The molecule has 0 aliphatic carbocycles. The van der Waals surface area contributed by atoms with E-state index in [9.17, 15) is 19.5 Å². The van der Waals surface area contributed by atoms with Gasteiger partial charge in [-0.05, 0) is 87.8 Å². The number of benzene rings is 3.